The van der Waals surface area contributed by atoms with Gasteiger partial charge in [-0.3, -0.25) is 0 Å². The molecule has 2 amide bonds. The molecule has 0 aliphatic heterocycles. The number of hydrogen-bond donors (Lipinski definition) is 2. The number of benzene rings is 1. The van der Waals surface area contributed by atoms with E-state index < -0.39 is 0 Å². The Morgan fingerprint density at radius 1 is 1.26 bits per heavy atom. The van der Waals surface area contributed by atoms with E-state index in [0.29, 0.717) is 6.54 Å². The SMILES string of the molecule is Cc1noc(C)c1CNC(=O)N[C@H](C)C(C)(C)c1ccccc1. The fourth-order valence-electron chi connectivity index (χ4n) is 2.47. The number of rotatable bonds is 5. The summed E-state index contributed by atoms with van der Waals surface area (Å²) in [6, 6.07) is 9.98. The molecule has 23 heavy (non-hydrogen) atoms. The van der Waals surface area contributed by atoms with Crippen LogP contribution in [0.15, 0.2) is 34.9 Å². The van der Waals surface area contributed by atoms with Gasteiger partial charge < -0.3 is 15.2 Å². The Kier molecular flexibility index (Phi) is 5.08. The molecule has 124 valence electrons. The van der Waals surface area contributed by atoms with Gasteiger partial charge in [0.1, 0.15) is 5.76 Å². The molecule has 0 fully saturated rings. The first-order valence-electron chi connectivity index (χ1n) is 7.84. The molecule has 1 aromatic heterocycles. The molecule has 0 aliphatic carbocycles. The third-order valence-corrected chi connectivity index (χ3v) is 4.55. The van der Waals surface area contributed by atoms with Crippen LogP contribution >= 0.6 is 0 Å². The van der Waals surface area contributed by atoms with Crippen molar-refractivity contribution < 1.29 is 9.32 Å². The van der Waals surface area contributed by atoms with Crippen LogP contribution in [-0.2, 0) is 12.0 Å². The van der Waals surface area contributed by atoms with E-state index in [-0.39, 0.29) is 17.5 Å². The summed E-state index contributed by atoms with van der Waals surface area (Å²) >= 11 is 0. The summed E-state index contributed by atoms with van der Waals surface area (Å²) in [5.41, 5.74) is 2.76. The molecular weight excluding hydrogens is 290 g/mol. The molecular formula is C18H25N3O2. The number of urea groups is 1. The molecule has 5 heteroatoms. The number of hydrogen-bond acceptors (Lipinski definition) is 3. The number of amides is 2. The van der Waals surface area contributed by atoms with Crippen molar-refractivity contribution in [2.75, 3.05) is 0 Å². The maximum Gasteiger partial charge on any atom is 0.315 e. The fraction of sp³-hybridized carbons (Fsp3) is 0.444. The summed E-state index contributed by atoms with van der Waals surface area (Å²) in [6.45, 7) is 10.4. The smallest absolute Gasteiger partial charge is 0.315 e. The zero-order valence-electron chi connectivity index (χ0n) is 14.4. The molecule has 0 bridgehead atoms. The zero-order valence-corrected chi connectivity index (χ0v) is 14.4. The Morgan fingerprint density at radius 3 is 2.48 bits per heavy atom. The number of nitrogens with zero attached hydrogens (tertiary/aromatic N) is 1. The van der Waals surface area contributed by atoms with Crippen molar-refractivity contribution in [2.45, 2.75) is 52.6 Å². The number of aromatic nitrogens is 1. The predicted octanol–water partition coefficient (Wildman–Crippen LogP) is 3.46. The lowest BCUT2D eigenvalue weighted by Crippen LogP contribution is -2.49. The molecule has 0 saturated heterocycles. The van der Waals surface area contributed by atoms with Gasteiger partial charge in [-0.2, -0.15) is 0 Å². The quantitative estimate of drug-likeness (QED) is 0.888. The monoisotopic (exact) mass is 315 g/mol. The number of carbonyl (C=O) groups is 1. The lowest BCUT2D eigenvalue weighted by atomic mass is 9.78. The summed E-state index contributed by atoms with van der Waals surface area (Å²) in [5, 5.41) is 9.78. The van der Waals surface area contributed by atoms with E-state index in [4.69, 9.17) is 4.52 Å². The second-order valence-electron chi connectivity index (χ2n) is 6.44. The van der Waals surface area contributed by atoms with E-state index in [9.17, 15) is 4.79 Å². The zero-order chi connectivity index (χ0) is 17.0. The van der Waals surface area contributed by atoms with Crippen LogP contribution < -0.4 is 10.6 Å². The third-order valence-electron chi connectivity index (χ3n) is 4.55. The molecule has 0 radical (unpaired) electrons. The van der Waals surface area contributed by atoms with Crippen LogP contribution in [0.3, 0.4) is 0 Å². The van der Waals surface area contributed by atoms with Gasteiger partial charge in [0.15, 0.2) is 0 Å². The van der Waals surface area contributed by atoms with Gasteiger partial charge in [-0.15, -0.1) is 0 Å². The minimum Gasteiger partial charge on any atom is -0.361 e. The Labute approximate surface area is 137 Å². The van der Waals surface area contributed by atoms with Crippen molar-refractivity contribution in [3.63, 3.8) is 0 Å². The van der Waals surface area contributed by atoms with Crippen molar-refractivity contribution >= 4 is 6.03 Å². The minimum atomic E-state index is -0.193. The summed E-state index contributed by atoms with van der Waals surface area (Å²) in [4.78, 5) is 12.2. The van der Waals surface area contributed by atoms with E-state index in [1.165, 1.54) is 5.56 Å². The lowest BCUT2D eigenvalue weighted by Gasteiger charge is -2.33. The van der Waals surface area contributed by atoms with Crippen LogP contribution in [0.5, 0.6) is 0 Å². The first-order chi connectivity index (χ1) is 10.8. The van der Waals surface area contributed by atoms with Crippen LogP contribution in [-0.4, -0.2) is 17.2 Å². The van der Waals surface area contributed by atoms with Gasteiger partial charge in [-0.25, -0.2) is 4.79 Å². The van der Waals surface area contributed by atoms with Crippen molar-refractivity contribution in [1.82, 2.24) is 15.8 Å². The third kappa shape index (κ3) is 3.92. The van der Waals surface area contributed by atoms with E-state index >= 15 is 0 Å². The van der Waals surface area contributed by atoms with Gasteiger partial charge in [0.2, 0.25) is 0 Å². The number of nitrogens with one attached hydrogen (secondary N) is 2. The summed E-state index contributed by atoms with van der Waals surface area (Å²) < 4.78 is 5.10. The van der Waals surface area contributed by atoms with Gasteiger partial charge in [-0.05, 0) is 26.3 Å². The van der Waals surface area contributed by atoms with E-state index in [1.807, 2.05) is 39.0 Å². The highest BCUT2D eigenvalue weighted by molar-refractivity contribution is 5.74. The van der Waals surface area contributed by atoms with Crippen molar-refractivity contribution in [1.29, 1.82) is 0 Å². The largest absolute Gasteiger partial charge is 0.361 e. The Morgan fingerprint density at radius 2 is 1.91 bits per heavy atom. The first-order valence-corrected chi connectivity index (χ1v) is 7.84. The van der Waals surface area contributed by atoms with E-state index in [1.54, 1.807) is 0 Å². The second kappa shape index (κ2) is 6.86. The van der Waals surface area contributed by atoms with Crippen LogP contribution in [0.25, 0.3) is 0 Å². The molecule has 2 N–H and O–H groups in total. The van der Waals surface area contributed by atoms with Crippen molar-refractivity contribution in [3.05, 3.63) is 52.9 Å². The van der Waals surface area contributed by atoms with Crippen molar-refractivity contribution in [3.8, 4) is 0 Å². The van der Waals surface area contributed by atoms with Gasteiger partial charge >= 0.3 is 6.03 Å². The Balaban J connectivity index is 1.94. The van der Waals surface area contributed by atoms with Crippen LogP contribution in [0.2, 0.25) is 0 Å². The van der Waals surface area contributed by atoms with Gasteiger partial charge in [0.05, 0.1) is 5.69 Å². The van der Waals surface area contributed by atoms with Crippen LogP contribution in [0.1, 0.15) is 43.4 Å². The summed E-state index contributed by atoms with van der Waals surface area (Å²) in [6.07, 6.45) is 0. The highest BCUT2D eigenvalue weighted by Crippen LogP contribution is 2.26. The molecule has 0 unspecified atom stereocenters. The molecule has 0 saturated carbocycles. The second-order valence-corrected chi connectivity index (χ2v) is 6.44. The number of aryl methyl sites for hydroxylation is 2. The average Bonchev–Trinajstić information content (AvgIpc) is 2.84. The van der Waals surface area contributed by atoms with Gasteiger partial charge in [-0.1, -0.05) is 49.3 Å². The summed E-state index contributed by atoms with van der Waals surface area (Å²) in [5.74, 6) is 0.737. The predicted molar refractivity (Wildman–Crippen MR) is 90.3 cm³/mol. The topological polar surface area (TPSA) is 67.2 Å². The highest BCUT2D eigenvalue weighted by atomic mass is 16.5. The van der Waals surface area contributed by atoms with Gasteiger partial charge in [0.25, 0.3) is 0 Å². The highest BCUT2D eigenvalue weighted by Gasteiger charge is 2.29. The molecule has 1 heterocycles. The molecule has 0 aliphatic rings. The van der Waals surface area contributed by atoms with Crippen molar-refractivity contribution in [2.24, 2.45) is 0 Å². The van der Waals surface area contributed by atoms with E-state index in [2.05, 4.69) is 41.8 Å². The van der Waals surface area contributed by atoms with Crippen LogP contribution in [0, 0.1) is 13.8 Å². The minimum absolute atomic E-state index is 0.0189. The summed E-state index contributed by atoms with van der Waals surface area (Å²) in [7, 11) is 0. The maximum absolute atomic E-state index is 12.2. The standard InChI is InChI=1S/C18H25N3O2/c1-12-16(13(2)23-21-12)11-19-17(22)20-14(3)18(4,5)15-9-7-6-8-10-15/h6-10,14H,11H2,1-5H3,(H2,19,20,22)/t14-/m1/s1. The fourth-order valence-corrected chi connectivity index (χ4v) is 2.47. The van der Waals surface area contributed by atoms with Gasteiger partial charge in [0, 0.05) is 23.6 Å². The average molecular weight is 315 g/mol. The Hall–Kier alpha value is -2.30. The first kappa shape index (κ1) is 17.1. The molecule has 1 aromatic carbocycles. The molecule has 5 nitrogen and oxygen atoms in total. The lowest BCUT2D eigenvalue weighted by molar-refractivity contribution is 0.231. The molecule has 0 spiro atoms. The maximum atomic E-state index is 12.2. The van der Waals surface area contributed by atoms with Crippen LogP contribution in [0.4, 0.5) is 4.79 Å². The van der Waals surface area contributed by atoms with E-state index in [0.717, 1.165) is 17.0 Å². The molecule has 1 atom stereocenters. The molecule has 2 aromatic rings. The molecule has 2 rings (SSSR count). The number of carbonyl (C=O) groups excluding carboxylic acids is 1. The normalized spacial score (nSPS) is 12.7. The Bertz CT molecular complexity index is 643.